The van der Waals surface area contributed by atoms with Gasteiger partial charge in [0, 0.05) is 31.6 Å². The molecule has 6 aromatic carbocycles. The van der Waals surface area contributed by atoms with Gasteiger partial charge in [-0.2, -0.15) is 0 Å². The fraction of sp³-hybridized carbons (Fsp3) is 0.235. The average molecular weight is 816 g/mol. The van der Waals surface area contributed by atoms with Gasteiger partial charge in [0.05, 0.1) is 31.8 Å². The Morgan fingerprint density at radius 2 is 1.28 bits per heavy atom. The summed E-state index contributed by atoms with van der Waals surface area (Å²) in [6.45, 7) is 2.29. The van der Waals surface area contributed by atoms with E-state index in [2.05, 4.69) is 58.7 Å². The Bertz CT molecular complexity index is 2340. The first-order chi connectivity index (χ1) is 29.9. The van der Waals surface area contributed by atoms with Crippen LogP contribution in [0.15, 0.2) is 164 Å². The standard InChI is InChI=1S/C51H49N3O7/c55-34-38-20-22-41(23-21-38)47-28-44(33-53(30-36-12-4-1-5-13-36)31-37-14-6-2-7-15-37)60-50(61-47)42-26-24-40(25-27-42)45-19-11-10-18-43(45)32-54-48(56)29-46(49(54)57)52-51(58)59-35-39-16-8-3-9-17-39/h1-27,44,46-47,50,55H,28-35H2,(H,52,58)/t44-,46?,47+,50+/m0/s1. The van der Waals surface area contributed by atoms with Crippen LogP contribution in [0, 0.1) is 0 Å². The Morgan fingerprint density at radius 3 is 1.92 bits per heavy atom. The number of aliphatic hydroxyl groups excluding tert-OH is 1. The number of hydrogen-bond donors (Lipinski definition) is 2. The van der Waals surface area contributed by atoms with Crippen molar-refractivity contribution in [2.75, 3.05) is 6.54 Å². The highest BCUT2D eigenvalue weighted by atomic mass is 16.7. The number of benzene rings is 6. The quantitative estimate of drug-likeness (QED) is 0.0990. The van der Waals surface area contributed by atoms with Crippen molar-refractivity contribution in [1.82, 2.24) is 15.1 Å². The van der Waals surface area contributed by atoms with Crippen LogP contribution < -0.4 is 5.32 Å². The molecular formula is C51H49N3O7. The van der Waals surface area contributed by atoms with Crippen LogP contribution in [0.2, 0.25) is 0 Å². The van der Waals surface area contributed by atoms with Gasteiger partial charge in [-0.25, -0.2) is 4.79 Å². The molecule has 0 aliphatic carbocycles. The summed E-state index contributed by atoms with van der Waals surface area (Å²) in [6, 6.07) is 52.8. The molecule has 10 heteroatoms. The largest absolute Gasteiger partial charge is 0.445 e. The maximum absolute atomic E-state index is 13.4. The lowest BCUT2D eigenvalue weighted by Gasteiger charge is -2.38. The van der Waals surface area contributed by atoms with Crippen molar-refractivity contribution in [3.05, 3.63) is 203 Å². The summed E-state index contributed by atoms with van der Waals surface area (Å²) in [5.74, 6) is -0.837. The van der Waals surface area contributed by atoms with Crippen LogP contribution in [0.1, 0.15) is 64.2 Å². The van der Waals surface area contributed by atoms with Gasteiger partial charge in [0.1, 0.15) is 12.6 Å². The van der Waals surface area contributed by atoms with E-state index in [1.165, 1.54) is 16.0 Å². The third-order valence-electron chi connectivity index (χ3n) is 11.2. The second kappa shape index (κ2) is 19.8. The van der Waals surface area contributed by atoms with Crippen LogP contribution in [0.5, 0.6) is 0 Å². The molecular weight excluding hydrogens is 767 g/mol. The first-order valence-corrected chi connectivity index (χ1v) is 20.7. The number of hydrogen-bond acceptors (Lipinski definition) is 8. The maximum atomic E-state index is 13.4. The van der Waals surface area contributed by atoms with Crippen LogP contribution >= 0.6 is 0 Å². The maximum Gasteiger partial charge on any atom is 0.408 e. The highest BCUT2D eigenvalue weighted by Gasteiger charge is 2.40. The number of rotatable bonds is 15. The van der Waals surface area contributed by atoms with E-state index in [1.807, 2.05) is 115 Å². The van der Waals surface area contributed by atoms with E-state index in [-0.39, 0.29) is 44.3 Å². The molecule has 10 nitrogen and oxygen atoms in total. The summed E-state index contributed by atoms with van der Waals surface area (Å²) in [6.07, 6.45) is -1.29. The van der Waals surface area contributed by atoms with Gasteiger partial charge in [-0.1, -0.05) is 164 Å². The Balaban J connectivity index is 0.978. The van der Waals surface area contributed by atoms with E-state index in [1.54, 1.807) is 0 Å². The number of amides is 3. The predicted molar refractivity (Wildman–Crippen MR) is 231 cm³/mol. The Hall–Kier alpha value is -6.43. The second-order valence-corrected chi connectivity index (χ2v) is 15.6. The number of carbonyl (C=O) groups excluding carboxylic acids is 3. The molecule has 4 atom stereocenters. The molecule has 2 heterocycles. The van der Waals surface area contributed by atoms with Gasteiger partial charge in [-0.3, -0.25) is 19.4 Å². The van der Waals surface area contributed by atoms with Gasteiger partial charge in [0.15, 0.2) is 6.29 Å². The molecule has 0 spiro atoms. The van der Waals surface area contributed by atoms with Crippen LogP contribution in [0.3, 0.4) is 0 Å². The van der Waals surface area contributed by atoms with Crippen molar-refractivity contribution < 1.29 is 33.7 Å². The van der Waals surface area contributed by atoms with Gasteiger partial charge in [-0.15, -0.1) is 0 Å². The fourth-order valence-electron chi connectivity index (χ4n) is 7.99. The number of imide groups is 1. The van der Waals surface area contributed by atoms with Crippen molar-refractivity contribution in [3.8, 4) is 11.1 Å². The van der Waals surface area contributed by atoms with E-state index in [4.69, 9.17) is 14.2 Å². The molecule has 0 aromatic heterocycles. The van der Waals surface area contributed by atoms with Crippen LogP contribution in [-0.2, 0) is 56.6 Å². The summed E-state index contributed by atoms with van der Waals surface area (Å²) in [4.78, 5) is 42.7. The molecule has 2 saturated heterocycles. The number of carbonyl (C=O) groups is 3. The fourth-order valence-corrected chi connectivity index (χ4v) is 7.99. The number of ether oxygens (including phenoxy) is 3. The topological polar surface area (TPSA) is 118 Å². The molecule has 0 radical (unpaired) electrons. The molecule has 61 heavy (non-hydrogen) atoms. The zero-order chi connectivity index (χ0) is 42.0. The van der Waals surface area contributed by atoms with Crippen molar-refractivity contribution in [1.29, 1.82) is 0 Å². The molecule has 3 amide bonds. The van der Waals surface area contributed by atoms with E-state index in [0.29, 0.717) is 13.0 Å². The highest BCUT2D eigenvalue weighted by Crippen LogP contribution is 2.39. The smallest absolute Gasteiger partial charge is 0.408 e. The van der Waals surface area contributed by atoms with E-state index >= 15 is 0 Å². The predicted octanol–water partition coefficient (Wildman–Crippen LogP) is 8.65. The number of likely N-dealkylation sites (tertiary alicyclic amines) is 1. The van der Waals surface area contributed by atoms with E-state index in [9.17, 15) is 19.5 Å². The molecule has 2 aliphatic rings. The first-order valence-electron chi connectivity index (χ1n) is 20.7. The number of nitrogens with zero attached hydrogens (tertiary/aromatic N) is 2. The molecule has 2 N–H and O–H groups in total. The third kappa shape index (κ3) is 10.7. The monoisotopic (exact) mass is 815 g/mol. The molecule has 2 fully saturated rings. The Labute approximate surface area is 356 Å². The SMILES string of the molecule is O=C(NC1CC(=O)N(Cc2ccccc2-c2ccc([C@@H]3O[C@H](CN(Cc4ccccc4)Cc4ccccc4)C[C@H](c4ccc(CO)cc4)O3)cc2)C1=O)OCc1ccccc1. The molecule has 0 saturated carbocycles. The normalized spacial score (nSPS) is 19.0. The number of alkyl carbamates (subject to hydrolysis) is 1. The number of nitrogens with one attached hydrogen (secondary N) is 1. The molecule has 6 aromatic rings. The first kappa shape index (κ1) is 41.3. The van der Waals surface area contributed by atoms with Crippen molar-refractivity contribution in [2.45, 2.75) is 70.2 Å². The average Bonchev–Trinajstić information content (AvgIpc) is 3.56. The molecule has 1 unspecified atom stereocenters. The Kier molecular flexibility index (Phi) is 13.4. The molecule has 310 valence electrons. The van der Waals surface area contributed by atoms with Crippen LogP contribution in [0.25, 0.3) is 11.1 Å². The van der Waals surface area contributed by atoms with Crippen molar-refractivity contribution in [2.24, 2.45) is 0 Å². The zero-order valence-corrected chi connectivity index (χ0v) is 33.8. The molecule has 8 rings (SSSR count). The minimum absolute atomic E-state index is 0.0298. The van der Waals surface area contributed by atoms with Crippen molar-refractivity contribution in [3.63, 3.8) is 0 Å². The highest BCUT2D eigenvalue weighted by molar-refractivity contribution is 6.06. The lowest BCUT2D eigenvalue weighted by Crippen LogP contribution is -2.41. The zero-order valence-electron chi connectivity index (χ0n) is 33.8. The van der Waals surface area contributed by atoms with E-state index < -0.39 is 24.3 Å². The lowest BCUT2D eigenvalue weighted by atomic mass is 9.97. The van der Waals surface area contributed by atoms with Gasteiger partial charge in [0.25, 0.3) is 5.91 Å². The lowest BCUT2D eigenvalue weighted by molar-refractivity contribution is -0.253. The van der Waals surface area contributed by atoms with Crippen LogP contribution in [0.4, 0.5) is 4.79 Å². The molecule has 0 bridgehead atoms. The summed E-state index contributed by atoms with van der Waals surface area (Å²) < 4.78 is 18.8. The third-order valence-corrected chi connectivity index (χ3v) is 11.2. The Morgan fingerprint density at radius 1 is 0.689 bits per heavy atom. The minimum Gasteiger partial charge on any atom is -0.445 e. The van der Waals surface area contributed by atoms with Crippen LogP contribution in [-0.4, -0.2) is 51.5 Å². The van der Waals surface area contributed by atoms with Crippen molar-refractivity contribution >= 4 is 17.9 Å². The van der Waals surface area contributed by atoms with E-state index in [0.717, 1.165) is 52.0 Å². The summed E-state index contributed by atoms with van der Waals surface area (Å²) in [5, 5.41) is 12.3. The van der Waals surface area contributed by atoms with Gasteiger partial charge >= 0.3 is 6.09 Å². The molecule has 2 aliphatic heterocycles. The van der Waals surface area contributed by atoms with Gasteiger partial charge < -0.3 is 24.6 Å². The second-order valence-electron chi connectivity index (χ2n) is 15.6. The minimum atomic E-state index is -0.998. The van der Waals surface area contributed by atoms with Gasteiger partial charge in [-0.05, 0) is 44.5 Å². The summed E-state index contributed by atoms with van der Waals surface area (Å²) in [5.41, 5.74) is 8.55. The number of aliphatic hydroxyl groups is 1. The summed E-state index contributed by atoms with van der Waals surface area (Å²) >= 11 is 0. The van der Waals surface area contributed by atoms with Gasteiger partial charge in [0.2, 0.25) is 5.91 Å². The summed E-state index contributed by atoms with van der Waals surface area (Å²) in [7, 11) is 0.